The van der Waals surface area contributed by atoms with Crippen LogP contribution in [-0.4, -0.2) is 24.7 Å². The van der Waals surface area contributed by atoms with E-state index in [1.54, 1.807) is 38.1 Å². The van der Waals surface area contributed by atoms with Crippen molar-refractivity contribution in [3.05, 3.63) is 89.7 Å². The molecule has 0 fully saturated rings. The van der Waals surface area contributed by atoms with Crippen LogP contribution in [-0.2, 0) is 32.7 Å². The van der Waals surface area contributed by atoms with Crippen molar-refractivity contribution >= 4 is 0 Å². The van der Waals surface area contributed by atoms with Gasteiger partial charge in [0.05, 0.1) is 11.5 Å². The third kappa shape index (κ3) is 5.00. The van der Waals surface area contributed by atoms with E-state index < -0.39 is 35.2 Å². The van der Waals surface area contributed by atoms with Gasteiger partial charge in [-0.1, -0.05) is 42.1 Å². The molecule has 33 heavy (non-hydrogen) atoms. The number of rotatable bonds is 4. The summed E-state index contributed by atoms with van der Waals surface area (Å²) in [6, 6.07) is 12.0. The Labute approximate surface area is 201 Å². The van der Waals surface area contributed by atoms with Gasteiger partial charge in [0.1, 0.15) is 11.9 Å². The molecule has 0 aromatic carbocycles. The Bertz CT molecular complexity index is 1340. The van der Waals surface area contributed by atoms with E-state index in [0.717, 1.165) is 10.7 Å². The molecular weight excluding hydrogens is 624 g/mol. The Balaban J connectivity index is 0.00000324. The normalized spacial score (nSPS) is 12.3. The van der Waals surface area contributed by atoms with Crippen molar-refractivity contribution < 1.29 is 44.4 Å². The Kier molecular flexibility index (Phi) is 6.38. The summed E-state index contributed by atoms with van der Waals surface area (Å²) in [5.74, 6) is -2.03. The number of alkyl halides is 3. The molecule has 4 heterocycles. The summed E-state index contributed by atoms with van der Waals surface area (Å²) in [4.78, 5) is 12.0. The van der Waals surface area contributed by atoms with Gasteiger partial charge in [0.2, 0.25) is 0 Å². The van der Waals surface area contributed by atoms with Crippen molar-refractivity contribution in [2.45, 2.75) is 25.4 Å². The first-order chi connectivity index (χ1) is 15.5. The molecule has 0 radical (unpaired) electrons. The molecule has 0 aliphatic carbocycles. The van der Waals surface area contributed by atoms with E-state index >= 15 is 0 Å². The van der Waals surface area contributed by atoms with Crippen LogP contribution >= 0.6 is 0 Å². The molecule has 5 nitrogen and oxygen atoms in total. The van der Waals surface area contributed by atoms with Gasteiger partial charge in [-0.05, 0) is 31.7 Å². The van der Waals surface area contributed by atoms with Crippen molar-refractivity contribution in [3.8, 4) is 17.1 Å². The third-order valence-corrected chi connectivity index (χ3v) is 4.73. The van der Waals surface area contributed by atoms with Crippen LogP contribution in [0.1, 0.15) is 32.3 Å². The van der Waals surface area contributed by atoms with Gasteiger partial charge in [0, 0.05) is 18.2 Å². The first kappa shape index (κ1) is 23.2. The maximum Gasteiger partial charge on any atom is 2.00 e. The molecule has 0 amide bonds. The van der Waals surface area contributed by atoms with Crippen molar-refractivity contribution in [1.29, 1.82) is 0 Å². The summed E-state index contributed by atoms with van der Waals surface area (Å²) >= 11 is 0. The van der Waals surface area contributed by atoms with Gasteiger partial charge >= 0.3 is 27.2 Å². The predicted octanol–water partition coefficient (Wildman–Crippen LogP) is 4.95. The van der Waals surface area contributed by atoms with Crippen LogP contribution in [0.2, 0.25) is 0 Å². The molecule has 0 aliphatic rings. The molecule has 11 heteroatoms. The van der Waals surface area contributed by atoms with Crippen LogP contribution in [0.4, 0.5) is 22.0 Å². The fourth-order valence-corrected chi connectivity index (χ4v) is 2.99. The van der Waals surface area contributed by atoms with E-state index in [-0.39, 0.29) is 38.1 Å². The second-order valence-corrected chi connectivity index (χ2v) is 7.30. The summed E-state index contributed by atoms with van der Waals surface area (Å²) < 4.78 is 74.5. The minimum absolute atomic E-state index is 0. The molecule has 0 bridgehead atoms. The number of aromatic nitrogens is 5. The SMILES string of the molecule is [2H]c1[c-]n(-c2cccc(C(C)(C)c3cccc(-c4[c-]cc(F)nc4F)n3)n2)nc1C(F)(F)F.[Pt+2]. The van der Waals surface area contributed by atoms with Crippen LogP contribution in [0.5, 0.6) is 0 Å². The van der Waals surface area contributed by atoms with Crippen LogP contribution in [0.25, 0.3) is 17.1 Å². The minimum Gasteiger partial charge on any atom is -0.343 e. The van der Waals surface area contributed by atoms with Crippen molar-refractivity contribution in [3.63, 3.8) is 0 Å². The number of halogens is 5. The number of nitrogens with zero attached hydrogens (tertiary/aromatic N) is 5. The monoisotopic (exact) mass is 639 g/mol. The van der Waals surface area contributed by atoms with E-state index in [2.05, 4.69) is 32.3 Å². The Hall–Kier alpha value is -3.00. The molecule has 0 saturated heterocycles. The summed E-state index contributed by atoms with van der Waals surface area (Å²) in [5, 5.41) is 3.40. The molecule has 172 valence electrons. The van der Waals surface area contributed by atoms with Gasteiger partial charge in [-0.2, -0.15) is 13.2 Å². The van der Waals surface area contributed by atoms with Crippen LogP contribution in [0, 0.1) is 24.2 Å². The minimum atomic E-state index is -4.79. The quantitative estimate of drug-likeness (QED) is 0.180. The van der Waals surface area contributed by atoms with Crippen LogP contribution in [0.15, 0.2) is 48.5 Å². The van der Waals surface area contributed by atoms with Gasteiger partial charge in [0.25, 0.3) is 0 Å². The van der Waals surface area contributed by atoms with Crippen LogP contribution < -0.4 is 0 Å². The topological polar surface area (TPSA) is 56.5 Å². The first-order valence-electron chi connectivity index (χ1n) is 9.72. The maximum absolute atomic E-state index is 14.1. The summed E-state index contributed by atoms with van der Waals surface area (Å²) in [6.45, 7) is 3.55. The van der Waals surface area contributed by atoms with Gasteiger partial charge < -0.3 is 9.67 Å². The molecule has 4 aromatic heterocycles. The number of pyridine rings is 3. The summed E-state index contributed by atoms with van der Waals surface area (Å²) in [7, 11) is 0. The predicted molar refractivity (Wildman–Crippen MR) is 104 cm³/mol. The van der Waals surface area contributed by atoms with Crippen molar-refractivity contribution in [2.75, 3.05) is 0 Å². The smallest absolute Gasteiger partial charge is 0.343 e. The Morgan fingerprint density at radius 3 is 2.24 bits per heavy atom. The van der Waals surface area contributed by atoms with Gasteiger partial charge in [-0.15, -0.1) is 12.1 Å². The van der Waals surface area contributed by atoms with E-state index in [1.165, 1.54) is 12.1 Å². The third-order valence-electron chi connectivity index (χ3n) is 4.73. The molecule has 0 saturated carbocycles. The average molecular weight is 639 g/mol. The summed E-state index contributed by atoms with van der Waals surface area (Å²) in [5.41, 5.74) is -1.28. The van der Waals surface area contributed by atoms with Crippen LogP contribution in [0.3, 0.4) is 0 Å². The average Bonchev–Trinajstić information content (AvgIpc) is 3.16. The van der Waals surface area contributed by atoms with Gasteiger partial charge in [-0.3, -0.25) is 15.1 Å². The van der Waals surface area contributed by atoms with E-state index in [1.807, 2.05) is 0 Å². The zero-order valence-corrected chi connectivity index (χ0v) is 19.3. The standard InChI is InChI=1S/C22H14F5N5.Pt/c1-21(2,15-6-3-5-14(28-15)13-9-10-18(23)30-20(13)24)16-7-4-8-19(29-16)32-12-11-17(31-32)22(25,26)27;/h3-8,10-11H,1-2H3;/q-2;+2/i11D;. The largest absolute Gasteiger partial charge is 2.00 e. The molecule has 0 atom stereocenters. The Morgan fingerprint density at radius 1 is 0.939 bits per heavy atom. The van der Waals surface area contributed by atoms with Crippen molar-refractivity contribution in [1.82, 2.24) is 24.7 Å². The van der Waals surface area contributed by atoms with Gasteiger partial charge in [-0.25, -0.2) is 8.78 Å². The molecule has 0 unspecified atom stereocenters. The summed E-state index contributed by atoms with van der Waals surface area (Å²) in [6.07, 6.45) is -2.57. The van der Waals surface area contributed by atoms with Gasteiger partial charge in [0.15, 0.2) is 0 Å². The maximum atomic E-state index is 14.1. The molecular formula is C22H14F5N5Pt. The molecule has 0 N–H and O–H groups in total. The molecule has 0 aliphatic heterocycles. The zero-order chi connectivity index (χ0) is 24.0. The fourth-order valence-electron chi connectivity index (χ4n) is 2.99. The first-order valence-corrected chi connectivity index (χ1v) is 9.22. The van der Waals surface area contributed by atoms with E-state index in [9.17, 15) is 22.0 Å². The Morgan fingerprint density at radius 2 is 1.61 bits per heavy atom. The number of hydrogen-bond donors (Lipinski definition) is 0. The fraction of sp³-hybridized carbons (Fsp3) is 0.182. The molecule has 0 spiro atoms. The van der Waals surface area contributed by atoms with Crippen molar-refractivity contribution in [2.24, 2.45) is 0 Å². The number of hydrogen-bond acceptors (Lipinski definition) is 4. The second kappa shape index (κ2) is 9.09. The van der Waals surface area contributed by atoms with E-state index in [0.29, 0.717) is 11.4 Å². The molecule has 4 aromatic rings. The second-order valence-electron chi connectivity index (χ2n) is 7.30. The molecule has 4 rings (SSSR count). The van der Waals surface area contributed by atoms with E-state index in [4.69, 9.17) is 1.37 Å². The zero-order valence-electron chi connectivity index (χ0n) is 18.0.